The molecule has 6 nitrogen and oxygen atoms in total. The van der Waals surface area contributed by atoms with Gasteiger partial charge in [-0.2, -0.15) is 5.10 Å². The molecule has 0 saturated carbocycles. The van der Waals surface area contributed by atoms with Crippen LogP contribution < -0.4 is 10.6 Å². The van der Waals surface area contributed by atoms with E-state index in [-0.39, 0.29) is 12.1 Å². The van der Waals surface area contributed by atoms with Gasteiger partial charge in [0, 0.05) is 24.7 Å². The van der Waals surface area contributed by atoms with Crippen LogP contribution >= 0.6 is 0 Å². The fourth-order valence-electron chi connectivity index (χ4n) is 2.04. The van der Waals surface area contributed by atoms with Crippen LogP contribution in [0.15, 0.2) is 36.5 Å². The molecule has 2 aromatic rings. The van der Waals surface area contributed by atoms with Gasteiger partial charge in [-0.15, -0.1) is 0 Å². The number of urea groups is 1. The molecule has 0 aliphatic rings. The maximum absolute atomic E-state index is 11.9. The number of nitrogens with one attached hydrogen (secondary N) is 2. The van der Waals surface area contributed by atoms with Gasteiger partial charge < -0.3 is 15.4 Å². The number of amides is 2. The Morgan fingerprint density at radius 3 is 2.90 bits per heavy atom. The summed E-state index contributed by atoms with van der Waals surface area (Å²) in [6, 6.07) is 9.16. The van der Waals surface area contributed by atoms with E-state index in [0.717, 1.165) is 11.4 Å². The zero-order chi connectivity index (χ0) is 15.2. The van der Waals surface area contributed by atoms with Crippen LogP contribution in [0, 0.1) is 6.92 Å². The van der Waals surface area contributed by atoms with E-state index in [0.29, 0.717) is 12.3 Å². The van der Waals surface area contributed by atoms with Gasteiger partial charge in [0.1, 0.15) is 0 Å². The fourth-order valence-corrected chi connectivity index (χ4v) is 2.04. The van der Waals surface area contributed by atoms with E-state index in [9.17, 15) is 4.79 Å². The van der Waals surface area contributed by atoms with Gasteiger partial charge in [0.15, 0.2) is 0 Å². The van der Waals surface area contributed by atoms with E-state index in [2.05, 4.69) is 15.7 Å². The monoisotopic (exact) mass is 288 g/mol. The molecule has 0 aliphatic heterocycles. The average molecular weight is 288 g/mol. The van der Waals surface area contributed by atoms with Crippen LogP contribution in [0.2, 0.25) is 0 Å². The van der Waals surface area contributed by atoms with E-state index >= 15 is 0 Å². The average Bonchev–Trinajstić information content (AvgIpc) is 2.85. The minimum atomic E-state index is -0.256. The molecule has 112 valence electrons. The summed E-state index contributed by atoms with van der Waals surface area (Å²) >= 11 is 0. The number of aryl methyl sites for hydroxylation is 1. The Labute approximate surface area is 124 Å². The maximum Gasteiger partial charge on any atom is 0.319 e. The molecule has 1 heterocycles. The topological polar surface area (TPSA) is 68.2 Å². The van der Waals surface area contributed by atoms with Gasteiger partial charge in [-0.25, -0.2) is 9.48 Å². The molecule has 0 aliphatic carbocycles. The lowest BCUT2D eigenvalue weighted by Gasteiger charge is -2.14. The van der Waals surface area contributed by atoms with E-state index in [4.69, 9.17) is 4.74 Å². The Hall–Kier alpha value is -2.34. The first-order valence-electron chi connectivity index (χ1n) is 6.77. The normalized spacial score (nSPS) is 12.0. The number of carbonyl (C=O) groups excluding carboxylic acids is 1. The van der Waals surface area contributed by atoms with E-state index < -0.39 is 0 Å². The molecule has 2 amide bonds. The number of hydrogen-bond donors (Lipinski definition) is 2. The molecule has 1 atom stereocenters. The van der Waals surface area contributed by atoms with Gasteiger partial charge in [-0.3, -0.25) is 0 Å². The van der Waals surface area contributed by atoms with Crippen LogP contribution in [0.4, 0.5) is 10.5 Å². The fraction of sp³-hybridized carbons (Fsp3) is 0.333. The highest BCUT2D eigenvalue weighted by molar-refractivity contribution is 5.89. The van der Waals surface area contributed by atoms with Gasteiger partial charge in [0.25, 0.3) is 0 Å². The van der Waals surface area contributed by atoms with E-state index in [1.165, 1.54) is 0 Å². The Bertz CT molecular complexity index is 609. The number of nitrogens with zero attached hydrogens (tertiary/aromatic N) is 2. The molecule has 2 rings (SSSR count). The number of anilines is 1. The lowest BCUT2D eigenvalue weighted by Crippen LogP contribution is -2.38. The van der Waals surface area contributed by atoms with Crippen LogP contribution in [-0.4, -0.2) is 35.6 Å². The van der Waals surface area contributed by atoms with Gasteiger partial charge in [-0.05, 0) is 38.1 Å². The molecular formula is C15H20N4O2. The summed E-state index contributed by atoms with van der Waals surface area (Å²) in [5.74, 6) is 0. The second-order valence-electron chi connectivity index (χ2n) is 4.89. The summed E-state index contributed by atoms with van der Waals surface area (Å²) < 4.78 is 6.80. The van der Waals surface area contributed by atoms with Gasteiger partial charge in [0.2, 0.25) is 0 Å². The summed E-state index contributed by atoms with van der Waals surface area (Å²) in [4.78, 5) is 11.9. The Kier molecular flexibility index (Phi) is 4.94. The van der Waals surface area contributed by atoms with Crippen molar-refractivity contribution in [1.82, 2.24) is 15.1 Å². The molecule has 0 radical (unpaired) electrons. The molecular weight excluding hydrogens is 268 g/mol. The van der Waals surface area contributed by atoms with Crippen LogP contribution in [0.25, 0.3) is 5.69 Å². The van der Waals surface area contributed by atoms with Crippen molar-refractivity contribution in [2.75, 3.05) is 19.0 Å². The Balaban J connectivity index is 2.05. The minimum Gasteiger partial charge on any atom is -0.383 e. The second kappa shape index (κ2) is 6.90. The number of benzene rings is 1. The predicted octanol–water partition coefficient (Wildman–Crippen LogP) is 2.34. The molecule has 0 saturated heterocycles. The van der Waals surface area contributed by atoms with Crippen molar-refractivity contribution in [3.8, 4) is 5.69 Å². The largest absolute Gasteiger partial charge is 0.383 e. The predicted molar refractivity (Wildman–Crippen MR) is 81.8 cm³/mol. The number of methoxy groups -OCH3 is 1. The van der Waals surface area contributed by atoms with Crippen molar-refractivity contribution in [3.05, 3.63) is 42.2 Å². The number of rotatable bonds is 5. The summed E-state index contributed by atoms with van der Waals surface area (Å²) in [5.41, 5.74) is 2.65. The van der Waals surface area contributed by atoms with E-state index in [1.54, 1.807) is 13.3 Å². The highest BCUT2D eigenvalue weighted by atomic mass is 16.5. The Morgan fingerprint density at radius 2 is 2.24 bits per heavy atom. The van der Waals surface area contributed by atoms with Crippen LogP contribution in [0.3, 0.4) is 0 Å². The van der Waals surface area contributed by atoms with Crippen molar-refractivity contribution < 1.29 is 9.53 Å². The lowest BCUT2D eigenvalue weighted by molar-refractivity contribution is 0.173. The van der Waals surface area contributed by atoms with Gasteiger partial charge in [-0.1, -0.05) is 6.07 Å². The molecule has 0 bridgehead atoms. The van der Waals surface area contributed by atoms with Gasteiger partial charge in [0.05, 0.1) is 18.3 Å². The number of hydrogen-bond acceptors (Lipinski definition) is 3. The lowest BCUT2D eigenvalue weighted by atomic mass is 10.2. The highest BCUT2D eigenvalue weighted by Gasteiger charge is 2.08. The first-order valence-corrected chi connectivity index (χ1v) is 6.77. The minimum absolute atomic E-state index is 0.0495. The van der Waals surface area contributed by atoms with Crippen molar-refractivity contribution in [1.29, 1.82) is 0 Å². The maximum atomic E-state index is 11.9. The number of carbonyl (C=O) groups is 1. The highest BCUT2D eigenvalue weighted by Crippen LogP contribution is 2.15. The summed E-state index contributed by atoms with van der Waals surface area (Å²) in [5, 5.41) is 9.85. The quantitative estimate of drug-likeness (QED) is 0.887. The third-order valence-corrected chi connectivity index (χ3v) is 2.97. The van der Waals surface area contributed by atoms with Crippen molar-refractivity contribution >= 4 is 11.7 Å². The second-order valence-corrected chi connectivity index (χ2v) is 4.89. The zero-order valence-electron chi connectivity index (χ0n) is 12.5. The Morgan fingerprint density at radius 1 is 1.43 bits per heavy atom. The molecule has 6 heteroatoms. The third kappa shape index (κ3) is 4.06. The molecule has 21 heavy (non-hydrogen) atoms. The molecule has 1 aromatic carbocycles. The van der Waals surface area contributed by atoms with Crippen molar-refractivity contribution in [2.45, 2.75) is 19.9 Å². The molecule has 1 aromatic heterocycles. The first-order chi connectivity index (χ1) is 10.1. The van der Waals surface area contributed by atoms with Crippen molar-refractivity contribution in [2.24, 2.45) is 0 Å². The standard InChI is InChI=1S/C15H20N4O2/c1-11(10-21-3)17-15(20)18-13-5-4-6-14(9-13)19-12(2)7-8-16-19/h4-9,11H,10H2,1-3H3,(H2,17,18,20). The van der Waals surface area contributed by atoms with Crippen LogP contribution in [0.1, 0.15) is 12.6 Å². The van der Waals surface area contributed by atoms with E-state index in [1.807, 2.05) is 48.9 Å². The third-order valence-electron chi connectivity index (χ3n) is 2.97. The van der Waals surface area contributed by atoms with Crippen molar-refractivity contribution in [3.63, 3.8) is 0 Å². The van der Waals surface area contributed by atoms with Crippen LogP contribution in [-0.2, 0) is 4.74 Å². The summed E-state index contributed by atoms with van der Waals surface area (Å²) in [6.07, 6.45) is 1.74. The molecule has 2 N–H and O–H groups in total. The molecule has 0 spiro atoms. The van der Waals surface area contributed by atoms with Gasteiger partial charge >= 0.3 is 6.03 Å². The molecule has 0 fully saturated rings. The number of ether oxygens (including phenoxy) is 1. The SMILES string of the molecule is COCC(C)NC(=O)Nc1cccc(-n2nccc2C)c1. The van der Waals surface area contributed by atoms with Crippen LogP contribution in [0.5, 0.6) is 0 Å². The molecule has 1 unspecified atom stereocenters. The zero-order valence-corrected chi connectivity index (χ0v) is 12.5. The number of aromatic nitrogens is 2. The smallest absolute Gasteiger partial charge is 0.319 e. The summed E-state index contributed by atoms with van der Waals surface area (Å²) in [7, 11) is 1.60. The summed E-state index contributed by atoms with van der Waals surface area (Å²) in [6.45, 7) is 4.33. The first kappa shape index (κ1) is 15.1.